The van der Waals surface area contributed by atoms with E-state index in [1.165, 1.54) is 17.8 Å². The number of hydrogen-bond donors (Lipinski definition) is 1. The molecule has 144 valence electrons. The Bertz CT molecular complexity index is 1290. The van der Waals surface area contributed by atoms with E-state index in [0.29, 0.717) is 33.5 Å². The number of halogens is 3. The Hall–Kier alpha value is -2.12. The number of nitrogens with zero attached hydrogens (tertiary/aromatic N) is 1. The Kier molecular flexibility index (Phi) is 3.81. The highest BCUT2D eigenvalue weighted by molar-refractivity contribution is 7.99. The lowest BCUT2D eigenvalue weighted by molar-refractivity contribution is 0.470. The van der Waals surface area contributed by atoms with E-state index < -0.39 is 22.9 Å². The molecule has 28 heavy (non-hydrogen) atoms. The first kappa shape index (κ1) is 17.9. The average molecular weight is 421 g/mol. The van der Waals surface area contributed by atoms with Crippen molar-refractivity contribution in [2.24, 2.45) is 5.41 Å². The van der Waals surface area contributed by atoms with Gasteiger partial charge in [0.05, 0.1) is 15.9 Å². The molecule has 4 nitrogen and oxygen atoms in total. The predicted molar refractivity (Wildman–Crippen MR) is 106 cm³/mol. The summed E-state index contributed by atoms with van der Waals surface area (Å²) in [4.78, 5) is 28.1. The summed E-state index contributed by atoms with van der Waals surface area (Å²) in [6, 6.07) is 3.69. The summed E-state index contributed by atoms with van der Waals surface area (Å²) < 4.78 is 30.0. The molecule has 2 aliphatic rings. The van der Waals surface area contributed by atoms with Gasteiger partial charge in [0.2, 0.25) is 0 Å². The number of rotatable bonds is 1. The Balaban J connectivity index is 1.92. The summed E-state index contributed by atoms with van der Waals surface area (Å²) in [5.74, 6) is -0.791. The van der Waals surface area contributed by atoms with E-state index in [1.54, 1.807) is 17.6 Å². The van der Waals surface area contributed by atoms with Crippen LogP contribution >= 0.6 is 23.4 Å². The van der Waals surface area contributed by atoms with Crippen LogP contribution in [0.15, 0.2) is 32.7 Å². The first-order chi connectivity index (χ1) is 13.3. The molecule has 3 aromatic rings. The molecule has 2 heterocycles. The van der Waals surface area contributed by atoms with Crippen molar-refractivity contribution in [3.05, 3.63) is 61.3 Å². The van der Waals surface area contributed by atoms with Gasteiger partial charge in [-0.2, -0.15) is 0 Å². The van der Waals surface area contributed by atoms with Crippen LogP contribution in [0.1, 0.15) is 18.4 Å². The largest absolute Gasteiger partial charge is 0.328 e. The number of aryl methyl sites for hydroxylation is 1. The lowest BCUT2D eigenvalue weighted by Crippen LogP contribution is -2.32. The highest BCUT2D eigenvalue weighted by Gasteiger charge is 2.45. The van der Waals surface area contributed by atoms with Gasteiger partial charge in [-0.05, 0) is 42.9 Å². The zero-order chi connectivity index (χ0) is 19.8. The van der Waals surface area contributed by atoms with Crippen molar-refractivity contribution in [3.63, 3.8) is 0 Å². The van der Waals surface area contributed by atoms with Crippen molar-refractivity contribution in [2.45, 2.75) is 31.2 Å². The molecule has 1 spiro atoms. The summed E-state index contributed by atoms with van der Waals surface area (Å²) in [5.41, 5.74) is 0.995. The fourth-order valence-electron chi connectivity index (χ4n) is 3.98. The van der Waals surface area contributed by atoms with Gasteiger partial charge in [-0.3, -0.25) is 14.3 Å². The van der Waals surface area contributed by atoms with Crippen LogP contribution in [0.25, 0.3) is 22.0 Å². The summed E-state index contributed by atoms with van der Waals surface area (Å²) >= 11 is 7.45. The van der Waals surface area contributed by atoms with Crippen LogP contribution < -0.4 is 11.2 Å². The molecule has 1 aliphatic heterocycles. The zero-order valence-electron chi connectivity index (χ0n) is 14.9. The molecule has 1 aromatic heterocycles. The molecule has 0 radical (unpaired) electrons. The Morgan fingerprint density at radius 2 is 1.93 bits per heavy atom. The highest BCUT2D eigenvalue weighted by atomic mass is 35.5. The molecule has 0 saturated heterocycles. The van der Waals surface area contributed by atoms with Crippen molar-refractivity contribution in [3.8, 4) is 11.1 Å². The molecule has 1 aliphatic carbocycles. The third-order valence-corrected chi connectivity index (χ3v) is 7.42. The lowest BCUT2D eigenvalue weighted by Gasteiger charge is -2.17. The smallest absolute Gasteiger partial charge is 0.292 e. The first-order valence-electron chi connectivity index (χ1n) is 8.88. The van der Waals surface area contributed by atoms with Gasteiger partial charge in [0.15, 0.2) is 0 Å². The SMILES string of the molecule is Cc1cc2c(=O)[nH]c(=O)n3c2c(c1-c1cc(Cl)c(F)cc1F)SCC1(CC1)C3. The van der Waals surface area contributed by atoms with Crippen LogP contribution in [-0.4, -0.2) is 15.3 Å². The molecule has 0 atom stereocenters. The fourth-order valence-corrected chi connectivity index (χ4v) is 5.74. The van der Waals surface area contributed by atoms with Gasteiger partial charge in [0.1, 0.15) is 11.6 Å². The topological polar surface area (TPSA) is 54.9 Å². The minimum absolute atomic E-state index is 0.0167. The fraction of sp³-hybridized carbons (Fsp3) is 0.300. The minimum Gasteiger partial charge on any atom is -0.292 e. The quantitative estimate of drug-likeness (QED) is 0.590. The van der Waals surface area contributed by atoms with E-state index in [2.05, 4.69) is 4.98 Å². The van der Waals surface area contributed by atoms with E-state index in [0.717, 1.165) is 24.7 Å². The monoisotopic (exact) mass is 420 g/mol. The molecule has 5 rings (SSSR count). The molecule has 1 N–H and O–H groups in total. The van der Waals surface area contributed by atoms with Crippen molar-refractivity contribution < 1.29 is 8.78 Å². The summed E-state index contributed by atoms with van der Waals surface area (Å²) in [6.45, 7) is 2.30. The van der Waals surface area contributed by atoms with E-state index in [4.69, 9.17) is 11.6 Å². The molecule has 2 aromatic carbocycles. The predicted octanol–water partition coefficient (Wildman–Crippen LogP) is 4.48. The number of nitrogens with one attached hydrogen (secondary N) is 1. The molecule has 0 amide bonds. The Morgan fingerprint density at radius 1 is 1.18 bits per heavy atom. The van der Waals surface area contributed by atoms with Crippen LogP contribution in [0.5, 0.6) is 0 Å². The van der Waals surface area contributed by atoms with Gasteiger partial charge >= 0.3 is 5.69 Å². The molecule has 1 saturated carbocycles. The van der Waals surface area contributed by atoms with Gasteiger partial charge < -0.3 is 0 Å². The minimum atomic E-state index is -0.829. The summed E-state index contributed by atoms with van der Waals surface area (Å²) in [6.07, 6.45) is 2.01. The van der Waals surface area contributed by atoms with Crippen molar-refractivity contribution in [1.29, 1.82) is 0 Å². The number of thioether (sulfide) groups is 1. The summed E-state index contributed by atoms with van der Waals surface area (Å²) in [7, 11) is 0. The van der Waals surface area contributed by atoms with Crippen molar-refractivity contribution in [2.75, 3.05) is 5.75 Å². The molecule has 1 fully saturated rings. The number of hydrogen-bond acceptors (Lipinski definition) is 3. The van der Waals surface area contributed by atoms with Gasteiger partial charge in [-0.25, -0.2) is 13.6 Å². The second kappa shape index (κ2) is 5.94. The van der Waals surface area contributed by atoms with Gasteiger partial charge in [-0.1, -0.05) is 11.6 Å². The number of aromatic amines is 1. The maximum absolute atomic E-state index is 14.7. The molecule has 8 heteroatoms. The molecular weight excluding hydrogens is 406 g/mol. The average Bonchev–Trinajstić information content (AvgIpc) is 3.42. The number of benzene rings is 2. The maximum atomic E-state index is 14.7. The number of aromatic nitrogens is 2. The first-order valence-corrected chi connectivity index (χ1v) is 10.2. The van der Waals surface area contributed by atoms with Crippen LogP contribution in [0, 0.1) is 24.0 Å². The van der Waals surface area contributed by atoms with Gasteiger partial charge in [0.25, 0.3) is 5.56 Å². The second-order valence-electron chi connectivity index (χ2n) is 7.67. The standard InChI is InChI=1S/C20H15ClF2N2O2S/c1-9-4-11-16-17(15(9)10-5-12(21)14(23)6-13(10)22)28-8-20(2-3-20)7-25(16)19(27)24-18(11)26/h4-6H,2-3,7-8H2,1H3,(H,24,26,27). The van der Waals surface area contributed by atoms with Crippen LogP contribution in [-0.2, 0) is 6.54 Å². The van der Waals surface area contributed by atoms with Gasteiger partial charge in [-0.15, -0.1) is 11.8 Å². The van der Waals surface area contributed by atoms with Crippen LogP contribution in [0.4, 0.5) is 8.78 Å². The third kappa shape index (κ3) is 2.56. The van der Waals surface area contributed by atoms with Crippen molar-refractivity contribution >= 4 is 34.3 Å². The summed E-state index contributed by atoms with van der Waals surface area (Å²) in [5, 5.41) is 0.221. The maximum Gasteiger partial charge on any atom is 0.328 e. The molecule has 0 bridgehead atoms. The lowest BCUT2D eigenvalue weighted by atomic mass is 9.97. The van der Waals surface area contributed by atoms with Gasteiger partial charge in [0, 0.05) is 34.4 Å². The molecule has 0 unspecified atom stereocenters. The van der Waals surface area contributed by atoms with E-state index >= 15 is 0 Å². The van der Waals surface area contributed by atoms with E-state index in [-0.39, 0.29) is 16.0 Å². The van der Waals surface area contributed by atoms with E-state index in [1.807, 2.05) is 0 Å². The second-order valence-corrected chi connectivity index (χ2v) is 9.07. The van der Waals surface area contributed by atoms with Crippen LogP contribution in [0.3, 0.4) is 0 Å². The molecular formula is C20H15ClF2N2O2S. The third-order valence-electron chi connectivity index (χ3n) is 5.69. The zero-order valence-corrected chi connectivity index (χ0v) is 16.4. The normalized spacial score (nSPS) is 17.1. The van der Waals surface area contributed by atoms with Crippen molar-refractivity contribution in [1.82, 2.24) is 9.55 Å². The number of H-pyrrole nitrogens is 1. The Labute approximate surface area is 167 Å². The van der Waals surface area contributed by atoms with Crippen LogP contribution in [0.2, 0.25) is 5.02 Å². The Morgan fingerprint density at radius 3 is 2.64 bits per heavy atom. The highest BCUT2D eigenvalue weighted by Crippen LogP contribution is 2.54. The van der Waals surface area contributed by atoms with E-state index in [9.17, 15) is 18.4 Å².